The fourth-order valence-electron chi connectivity index (χ4n) is 4.76. The van der Waals surface area contributed by atoms with Crippen molar-refractivity contribution in [2.45, 2.75) is 12.8 Å². The van der Waals surface area contributed by atoms with Gasteiger partial charge in [-0.2, -0.15) is 0 Å². The lowest BCUT2D eigenvalue weighted by atomic mass is 9.83. The Kier molecular flexibility index (Phi) is 3.39. The van der Waals surface area contributed by atoms with Crippen molar-refractivity contribution in [2.24, 2.45) is 0 Å². The highest BCUT2D eigenvalue weighted by Crippen LogP contribution is 2.38. The van der Waals surface area contributed by atoms with Gasteiger partial charge in [-0.25, -0.2) is 0 Å². The first-order chi connectivity index (χ1) is 13.9. The summed E-state index contributed by atoms with van der Waals surface area (Å²) < 4.78 is 0. The summed E-state index contributed by atoms with van der Waals surface area (Å²) in [5, 5.41) is 5.27. The maximum Gasteiger partial charge on any atom is -0.00199 e. The van der Waals surface area contributed by atoms with Crippen molar-refractivity contribution in [1.29, 1.82) is 0 Å². The first-order valence-corrected chi connectivity index (χ1v) is 9.96. The van der Waals surface area contributed by atoms with E-state index in [-0.39, 0.29) is 0 Å². The van der Waals surface area contributed by atoms with Crippen LogP contribution in [0.1, 0.15) is 22.3 Å². The fourth-order valence-corrected chi connectivity index (χ4v) is 4.76. The monoisotopic (exact) mass is 356 g/mol. The Balaban J connectivity index is 1.60. The van der Waals surface area contributed by atoms with Crippen LogP contribution in [0.2, 0.25) is 0 Å². The average molecular weight is 356 g/mol. The molecule has 0 nitrogen and oxygen atoms in total. The van der Waals surface area contributed by atoms with Gasteiger partial charge in [-0.1, -0.05) is 91.0 Å². The van der Waals surface area contributed by atoms with Crippen LogP contribution in [0.5, 0.6) is 0 Å². The molecule has 0 N–H and O–H groups in total. The molecule has 5 aromatic rings. The largest absolute Gasteiger partial charge is 0.0620 e. The van der Waals surface area contributed by atoms with Crippen LogP contribution in [0.3, 0.4) is 0 Å². The van der Waals surface area contributed by atoms with Gasteiger partial charge < -0.3 is 0 Å². The summed E-state index contributed by atoms with van der Waals surface area (Å²) in [6, 6.07) is 35.8. The minimum Gasteiger partial charge on any atom is -0.0620 e. The van der Waals surface area contributed by atoms with Crippen molar-refractivity contribution >= 4 is 21.5 Å². The van der Waals surface area contributed by atoms with Crippen molar-refractivity contribution < 1.29 is 0 Å². The van der Waals surface area contributed by atoms with Gasteiger partial charge in [0.25, 0.3) is 0 Å². The van der Waals surface area contributed by atoms with Crippen LogP contribution in [-0.2, 0) is 12.8 Å². The standard InChI is InChI=1S/C28H20/c1-2-8-20-16-25-18-24(14-13-21(25)15-19(20)7-1)28-26-11-5-3-9-22(26)17-23-10-4-6-12-27(23)28/h1-14,17-18H,15-16H2. The van der Waals surface area contributed by atoms with Crippen molar-refractivity contribution in [2.75, 3.05) is 0 Å². The quantitative estimate of drug-likeness (QED) is 0.274. The van der Waals surface area contributed by atoms with Crippen LogP contribution in [0, 0.1) is 0 Å². The number of benzene rings is 5. The van der Waals surface area contributed by atoms with Gasteiger partial charge in [0, 0.05) is 0 Å². The Labute approximate surface area is 165 Å². The van der Waals surface area contributed by atoms with Gasteiger partial charge >= 0.3 is 0 Å². The lowest BCUT2D eigenvalue weighted by Gasteiger charge is -2.21. The maximum atomic E-state index is 2.43. The van der Waals surface area contributed by atoms with Crippen LogP contribution in [-0.4, -0.2) is 0 Å². The Hall–Kier alpha value is -3.38. The van der Waals surface area contributed by atoms with Gasteiger partial charge in [-0.05, 0) is 73.8 Å². The molecule has 1 aliphatic carbocycles. The lowest BCUT2D eigenvalue weighted by molar-refractivity contribution is 1.00. The minimum absolute atomic E-state index is 1.03. The minimum atomic E-state index is 1.03. The molecule has 0 saturated carbocycles. The number of rotatable bonds is 1. The molecule has 0 aliphatic heterocycles. The highest BCUT2D eigenvalue weighted by molar-refractivity contribution is 6.12. The Bertz CT molecular complexity index is 1300. The third-order valence-corrected chi connectivity index (χ3v) is 6.15. The average Bonchev–Trinajstić information content (AvgIpc) is 2.75. The summed E-state index contributed by atoms with van der Waals surface area (Å²) in [4.78, 5) is 0. The van der Waals surface area contributed by atoms with E-state index in [1.807, 2.05) is 0 Å². The van der Waals surface area contributed by atoms with Crippen molar-refractivity contribution in [3.63, 3.8) is 0 Å². The molecule has 6 rings (SSSR count). The van der Waals surface area contributed by atoms with Gasteiger partial charge in [0.15, 0.2) is 0 Å². The van der Waals surface area contributed by atoms with E-state index in [9.17, 15) is 0 Å². The van der Waals surface area contributed by atoms with E-state index in [4.69, 9.17) is 0 Å². The van der Waals surface area contributed by atoms with Gasteiger partial charge in [0.1, 0.15) is 0 Å². The maximum absolute atomic E-state index is 2.43. The molecule has 132 valence electrons. The fraction of sp³-hybridized carbons (Fsp3) is 0.0714. The molecule has 0 bridgehead atoms. The van der Waals surface area contributed by atoms with Crippen molar-refractivity contribution in [3.8, 4) is 11.1 Å². The SMILES string of the molecule is c1ccc2c(c1)Cc1ccc(-c3c4ccccc4cc4ccccc34)cc1C2. The second-order valence-electron chi connectivity index (χ2n) is 7.80. The summed E-state index contributed by atoms with van der Waals surface area (Å²) >= 11 is 0. The molecule has 0 fully saturated rings. The predicted octanol–water partition coefficient (Wildman–Crippen LogP) is 7.16. The molecule has 0 heterocycles. The Morgan fingerprint density at radius 1 is 0.429 bits per heavy atom. The Morgan fingerprint density at radius 2 is 0.964 bits per heavy atom. The smallest absolute Gasteiger partial charge is 0.00199 e. The van der Waals surface area contributed by atoms with Crippen LogP contribution >= 0.6 is 0 Å². The molecule has 0 radical (unpaired) electrons. The van der Waals surface area contributed by atoms with E-state index in [0.29, 0.717) is 0 Å². The Morgan fingerprint density at radius 3 is 1.64 bits per heavy atom. The molecule has 0 atom stereocenters. The van der Waals surface area contributed by atoms with Gasteiger partial charge in [-0.15, -0.1) is 0 Å². The van der Waals surface area contributed by atoms with Crippen LogP contribution in [0.25, 0.3) is 32.7 Å². The van der Waals surface area contributed by atoms with E-state index in [1.165, 1.54) is 54.9 Å². The third kappa shape index (κ3) is 2.38. The lowest BCUT2D eigenvalue weighted by Crippen LogP contribution is -2.07. The molecule has 0 spiro atoms. The van der Waals surface area contributed by atoms with E-state index >= 15 is 0 Å². The molecule has 28 heavy (non-hydrogen) atoms. The molecule has 0 aromatic heterocycles. The zero-order chi connectivity index (χ0) is 18.5. The van der Waals surface area contributed by atoms with Gasteiger partial charge in [0.05, 0.1) is 0 Å². The zero-order valence-corrected chi connectivity index (χ0v) is 15.7. The van der Waals surface area contributed by atoms with Crippen LogP contribution in [0.4, 0.5) is 0 Å². The molecular formula is C28H20. The third-order valence-electron chi connectivity index (χ3n) is 6.15. The first kappa shape index (κ1) is 15.7. The van der Waals surface area contributed by atoms with E-state index in [1.54, 1.807) is 0 Å². The van der Waals surface area contributed by atoms with Crippen molar-refractivity contribution in [3.05, 3.63) is 119 Å². The molecule has 1 aliphatic rings. The van der Waals surface area contributed by atoms with Crippen LogP contribution < -0.4 is 0 Å². The zero-order valence-electron chi connectivity index (χ0n) is 15.7. The summed E-state index contributed by atoms with van der Waals surface area (Å²) in [5.74, 6) is 0. The first-order valence-electron chi connectivity index (χ1n) is 9.96. The summed E-state index contributed by atoms with van der Waals surface area (Å²) in [6.45, 7) is 0. The molecule has 0 heteroatoms. The van der Waals surface area contributed by atoms with E-state index < -0.39 is 0 Å². The highest BCUT2D eigenvalue weighted by Gasteiger charge is 2.17. The number of hydrogen-bond donors (Lipinski definition) is 0. The van der Waals surface area contributed by atoms with Crippen molar-refractivity contribution in [1.82, 2.24) is 0 Å². The number of fused-ring (bicyclic) bond motifs is 4. The normalized spacial score (nSPS) is 12.7. The predicted molar refractivity (Wildman–Crippen MR) is 119 cm³/mol. The molecule has 0 amide bonds. The molecule has 0 unspecified atom stereocenters. The molecule has 0 saturated heterocycles. The molecule has 5 aromatic carbocycles. The number of hydrogen-bond acceptors (Lipinski definition) is 0. The summed E-state index contributed by atoms with van der Waals surface area (Å²) in [5.41, 5.74) is 8.55. The summed E-state index contributed by atoms with van der Waals surface area (Å²) in [6.07, 6.45) is 2.07. The van der Waals surface area contributed by atoms with Crippen LogP contribution in [0.15, 0.2) is 97.1 Å². The second-order valence-corrected chi connectivity index (χ2v) is 7.80. The second kappa shape index (κ2) is 6.07. The van der Waals surface area contributed by atoms with Gasteiger partial charge in [0.2, 0.25) is 0 Å². The van der Waals surface area contributed by atoms with E-state index in [0.717, 1.165) is 12.8 Å². The molecular weight excluding hydrogens is 336 g/mol. The highest BCUT2D eigenvalue weighted by atomic mass is 14.2. The van der Waals surface area contributed by atoms with E-state index in [2.05, 4.69) is 97.1 Å². The van der Waals surface area contributed by atoms with Gasteiger partial charge in [-0.3, -0.25) is 0 Å². The topological polar surface area (TPSA) is 0 Å². The summed E-state index contributed by atoms with van der Waals surface area (Å²) in [7, 11) is 0.